The van der Waals surface area contributed by atoms with Crippen LogP contribution >= 0.6 is 35.0 Å². The average molecular weight is 427 g/mol. The Labute approximate surface area is 177 Å². The van der Waals surface area contributed by atoms with Crippen LogP contribution < -0.4 is 4.74 Å². The minimum absolute atomic E-state index is 0.560. The van der Waals surface area contributed by atoms with Gasteiger partial charge in [0.15, 0.2) is 0 Å². The fourth-order valence-electron chi connectivity index (χ4n) is 2.93. The molecule has 0 bridgehead atoms. The first-order chi connectivity index (χ1) is 13.6. The van der Waals surface area contributed by atoms with Gasteiger partial charge < -0.3 is 4.74 Å². The van der Waals surface area contributed by atoms with E-state index in [1.165, 1.54) is 0 Å². The molecule has 2 aromatic carbocycles. The highest BCUT2D eigenvalue weighted by atomic mass is 35.5. The number of aromatic nitrogens is 2. The van der Waals surface area contributed by atoms with Gasteiger partial charge in [0, 0.05) is 35.2 Å². The first-order valence-electron chi connectivity index (χ1n) is 8.60. The summed E-state index contributed by atoms with van der Waals surface area (Å²) < 4.78 is 5.38. The molecule has 0 aliphatic rings. The molecule has 0 aliphatic carbocycles. The summed E-state index contributed by atoms with van der Waals surface area (Å²) in [6, 6.07) is 17.7. The second kappa shape index (κ2) is 8.39. The monoisotopic (exact) mass is 426 g/mol. The van der Waals surface area contributed by atoms with Crippen LogP contribution in [0.2, 0.25) is 10.0 Å². The van der Waals surface area contributed by atoms with E-state index in [9.17, 15) is 0 Å². The van der Waals surface area contributed by atoms with Crippen LogP contribution in [0.3, 0.4) is 0 Å². The Hall–Kier alpha value is -2.27. The number of ether oxygens (including phenoxy) is 1. The van der Waals surface area contributed by atoms with E-state index in [1.54, 1.807) is 25.1 Å². The minimum atomic E-state index is 0.560. The third kappa shape index (κ3) is 4.09. The van der Waals surface area contributed by atoms with Crippen molar-refractivity contribution < 1.29 is 4.74 Å². The lowest BCUT2D eigenvalue weighted by molar-refractivity contribution is 0.415. The van der Waals surface area contributed by atoms with Gasteiger partial charge in [0.2, 0.25) is 0 Å². The fraction of sp³-hybridized carbons (Fsp3) is 0.0909. The summed E-state index contributed by atoms with van der Waals surface area (Å²) in [6.45, 7) is 0. The van der Waals surface area contributed by atoms with Crippen LogP contribution in [-0.2, 0) is 5.75 Å². The second-order valence-corrected chi connectivity index (χ2v) is 7.98. The zero-order valence-corrected chi connectivity index (χ0v) is 17.4. The van der Waals surface area contributed by atoms with E-state index in [0.717, 1.165) is 44.1 Å². The Morgan fingerprint density at radius 1 is 1.00 bits per heavy atom. The second-order valence-electron chi connectivity index (χ2n) is 6.17. The van der Waals surface area contributed by atoms with E-state index in [1.807, 2.05) is 48.7 Å². The number of rotatable bonds is 5. The van der Waals surface area contributed by atoms with Crippen molar-refractivity contribution in [3.05, 3.63) is 82.6 Å². The summed E-state index contributed by atoms with van der Waals surface area (Å²) in [5.41, 5.74) is 4.13. The molecule has 0 atom stereocenters. The molecule has 0 aliphatic heterocycles. The number of pyridine rings is 2. The molecule has 4 rings (SSSR count). The minimum Gasteiger partial charge on any atom is -0.497 e. The highest BCUT2D eigenvalue weighted by Crippen LogP contribution is 2.34. The van der Waals surface area contributed by atoms with Gasteiger partial charge in [0.25, 0.3) is 0 Å². The van der Waals surface area contributed by atoms with Crippen LogP contribution in [0, 0.1) is 0 Å². The third-order valence-electron chi connectivity index (χ3n) is 4.34. The summed E-state index contributed by atoms with van der Waals surface area (Å²) in [4.78, 5) is 9.09. The lowest BCUT2D eigenvalue weighted by Crippen LogP contribution is -1.91. The van der Waals surface area contributed by atoms with Gasteiger partial charge in [-0.15, -0.1) is 11.8 Å². The molecule has 0 amide bonds. The highest BCUT2D eigenvalue weighted by Gasteiger charge is 2.10. The number of benzene rings is 2. The van der Waals surface area contributed by atoms with Gasteiger partial charge >= 0.3 is 0 Å². The fourth-order valence-corrected chi connectivity index (χ4v) is 4.11. The summed E-state index contributed by atoms with van der Waals surface area (Å²) in [7, 11) is 1.66. The molecule has 0 N–H and O–H groups in total. The molecular weight excluding hydrogens is 411 g/mol. The molecule has 2 heterocycles. The van der Waals surface area contributed by atoms with Gasteiger partial charge in [-0.05, 0) is 47.5 Å². The molecule has 6 heteroatoms. The molecule has 0 radical (unpaired) electrons. The van der Waals surface area contributed by atoms with E-state index >= 15 is 0 Å². The number of fused-ring (bicyclic) bond motifs is 1. The van der Waals surface area contributed by atoms with Gasteiger partial charge in [-0.1, -0.05) is 35.3 Å². The number of nitrogens with zero attached hydrogens (tertiary/aromatic N) is 2. The highest BCUT2D eigenvalue weighted by molar-refractivity contribution is 7.98. The van der Waals surface area contributed by atoms with E-state index in [4.69, 9.17) is 32.9 Å². The summed E-state index contributed by atoms with van der Waals surface area (Å²) >= 11 is 13.8. The maximum atomic E-state index is 6.13. The quantitative estimate of drug-likeness (QED) is 0.325. The lowest BCUT2D eigenvalue weighted by atomic mass is 10.0. The topological polar surface area (TPSA) is 35.0 Å². The van der Waals surface area contributed by atoms with Crippen molar-refractivity contribution in [2.75, 3.05) is 7.11 Å². The van der Waals surface area contributed by atoms with E-state index in [0.29, 0.717) is 10.0 Å². The van der Waals surface area contributed by atoms with Gasteiger partial charge in [-0.25, -0.2) is 4.98 Å². The van der Waals surface area contributed by atoms with Crippen LogP contribution in [0.4, 0.5) is 0 Å². The maximum absolute atomic E-state index is 6.13. The van der Waals surface area contributed by atoms with Crippen molar-refractivity contribution in [2.24, 2.45) is 0 Å². The van der Waals surface area contributed by atoms with Crippen molar-refractivity contribution >= 4 is 45.9 Å². The van der Waals surface area contributed by atoms with Crippen LogP contribution in [0.1, 0.15) is 5.56 Å². The Kier molecular flexibility index (Phi) is 5.72. The normalized spacial score (nSPS) is 11.0. The Morgan fingerprint density at radius 3 is 2.64 bits per heavy atom. The Balaban J connectivity index is 1.74. The van der Waals surface area contributed by atoms with E-state index in [-0.39, 0.29) is 0 Å². The van der Waals surface area contributed by atoms with Gasteiger partial charge in [-0.3, -0.25) is 4.98 Å². The Bertz CT molecular complexity index is 1140. The van der Waals surface area contributed by atoms with Gasteiger partial charge in [0.1, 0.15) is 5.75 Å². The third-order valence-corrected chi connectivity index (χ3v) is 6.06. The van der Waals surface area contributed by atoms with Crippen LogP contribution in [-0.4, -0.2) is 17.1 Å². The molecule has 140 valence electrons. The first kappa shape index (κ1) is 19.1. The van der Waals surface area contributed by atoms with Crippen molar-refractivity contribution in [3.8, 4) is 16.9 Å². The van der Waals surface area contributed by atoms with Gasteiger partial charge in [0.05, 0.1) is 27.7 Å². The predicted molar refractivity (Wildman–Crippen MR) is 118 cm³/mol. The number of methoxy groups -OCH3 is 1. The predicted octanol–water partition coefficient (Wildman–Crippen LogP) is 6.90. The maximum Gasteiger partial charge on any atom is 0.121 e. The van der Waals surface area contributed by atoms with E-state index < -0.39 is 0 Å². The number of hydrogen-bond acceptors (Lipinski definition) is 4. The van der Waals surface area contributed by atoms with Crippen molar-refractivity contribution in [1.82, 2.24) is 9.97 Å². The van der Waals surface area contributed by atoms with Crippen molar-refractivity contribution in [3.63, 3.8) is 0 Å². The number of hydrogen-bond donors (Lipinski definition) is 0. The van der Waals surface area contributed by atoms with E-state index in [2.05, 4.69) is 17.1 Å². The molecular formula is C22H16Cl2N2OS. The van der Waals surface area contributed by atoms with Crippen LogP contribution in [0.25, 0.3) is 22.0 Å². The molecule has 0 saturated carbocycles. The molecule has 0 fully saturated rings. The first-order valence-corrected chi connectivity index (χ1v) is 10.3. The zero-order chi connectivity index (χ0) is 19.5. The summed E-state index contributed by atoms with van der Waals surface area (Å²) in [5, 5.41) is 3.11. The number of halogens is 2. The SMILES string of the molecule is COc1ccc2c(-c3cccnc3)cc(SCc3ccc(Cl)c(Cl)c3)nc2c1. The lowest BCUT2D eigenvalue weighted by Gasteiger charge is -2.11. The molecule has 3 nitrogen and oxygen atoms in total. The van der Waals surface area contributed by atoms with Crippen molar-refractivity contribution in [2.45, 2.75) is 10.8 Å². The molecule has 2 aromatic heterocycles. The van der Waals surface area contributed by atoms with Crippen LogP contribution in [0.15, 0.2) is 72.0 Å². The molecule has 0 saturated heterocycles. The average Bonchev–Trinajstić information content (AvgIpc) is 2.74. The largest absolute Gasteiger partial charge is 0.497 e. The summed E-state index contributed by atoms with van der Waals surface area (Å²) in [5.74, 6) is 1.52. The molecule has 4 aromatic rings. The van der Waals surface area contributed by atoms with Crippen molar-refractivity contribution in [1.29, 1.82) is 0 Å². The summed E-state index contributed by atoms with van der Waals surface area (Å²) in [6.07, 6.45) is 3.64. The standard InChI is InChI=1S/C22H16Cl2N2OS/c1-27-16-5-6-17-18(15-3-2-8-25-12-15)11-22(26-21(17)10-16)28-13-14-4-7-19(23)20(24)9-14/h2-12H,13H2,1H3. The zero-order valence-electron chi connectivity index (χ0n) is 15.0. The molecule has 28 heavy (non-hydrogen) atoms. The number of thioether (sulfide) groups is 1. The van der Waals surface area contributed by atoms with Crippen LogP contribution in [0.5, 0.6) is 5.75 Å². The molecule has 0 unspecified atom stereocenters. The Morgan fingerprint density at radius 2 is 1.89 bits per heavy atom. The smallest absolute Gasteiger partial charge is 0.121 e. The molecule has 0 spiro atoms. The van der Waals surface area contributed by atoms with Gasteiger partial charge in [-0.2, -0.15) is 0 Å².